The maximum absolute atomic E-state index is 7.78. The third-order valence-electron chi connectivity index (χ3n) is 28.8. The van der Waals surface area contributed by atoms with E-state index in [-0.39, 0.29) is 24.4 Å². The lowest BCUT2D eigenvalue weighted by Crippen LogP contribution is -2.28. The van der Waals surface area contributed by atoms with E-state index in [1.807, 2.05) is 49.6 Å². The van der Waals surface area contributed by atoms with Crippen LogP contribution in [0.5, 0.6) is 0 Å². The zero-order chi connectivity index (χ0) is 85.0. The molecule has 4 atom stereocenters. The average Bonchev–Trinajstić information content (AvgIpc) is 0.797. The molecule has 4 aliphatic rings. The number of hydrogen-bond acceptors (Lipinski definition) is 10. The molecular weight excluding hydrogens is 1490 g/mol. The summed E-state index contributed by atoms with van der Waals surface area (Å²) in [4.78, 5) is 38.7. The largest absolute Gasteiger partial charge is 0.365 e. The van der Waals surface area contributed by atoms with E-state index in [4.69, 9.17) is 49.3 Å². The SMILES string of the molecule is CCCCCCC[C@H]1CC[C@H](C(OC(c2ccc(-c3cnc(CCCCC)cn3)cc2)[C@H]2CC[C@H](CCCCCCC)CC2)c2ccc(-c3cnc(CCCCC)cn3)cc2)CC1.CCCCCc1cnc(-c2ccc(C(OC(c3ccc(-c4cnc(CCCCC)cn4)cc3)[C@H]3CC[C@H](CCCCC)CC3)[C@H]3CC[C@H](CCCCC)CC3)cc2)cn1. The molecule has 4 unspecified atom stereocenters. The number of nitrogens with zero attached hydrogens (tertiary/aromatic N) is 8. The first-order valence-corrected chi connectivity index (χ1v) is 51.1. The number of rotatable bonds is 52. The van der Waals surface area contributed by atoms with Gasteiger partial charge in [0.25, 0.3) is 0 Å². The Morgan fingerprint density at radius 1 is 0.213 bits per heavy atom. The molecule has 4 fully saturated rings. The summed E-state index contributed by atoms with van der Waals surface area (Å²) in [7, 11) is 0. The van der Waals surface area contributed by atoms with Gasteiger partial charge in [0.2, 0.25) is 0 Å². The summed E-state index contributed by atoms with van der Waals surface area (Å²) in [6.07, 6.45) is 82.7. The van der Waals surface area contributed by atoms with E-state index in [2.05, 4.69) is 152 Å². The highest BCUT2D eigenvalue weighted by Gasteiger charge is 2.39. The molecule has 4 aromatic carbocycles. The molecule has 12 rings (SSSR count). The van der Waals surface area contributed by atoms with Crippen molar-refractivity contribution in [3.63, 3.8) is 0 Å². The number of aryl methyl sites for hydroxylation is 4. The van der Waals surface area contributed by atoms with E-state index in [1.54, 1.807) is 0 Å². The fraction of sp³-hybridized carbons (Fsp3) is 0.643. The highest BCUT2D eigenvalue weighted by Crippen LogP contribution is 2.51. The van der Waals surface area contributed by atoms with Gasteiger partial charge in [-0.15, -0.1) is 0 Å². The third kappa shape index (κ3) is 31.3. The molecule has 0 radical (unpaired) electrons. The molecule has 4 heterocycles. The lowest BCUT2D eigenvalue weighted by Gasteiger charge is -2.40. The molecule has 122 heavy (non-hydrogen) atoms. The highest BCUT2D eigenvalue weighted by atomic mass is 16.5. The molecule has 4 aliphatic carbocycles. The number of hydrogen-bond donors (Lipinski definition) is 0. The van der Waals surface area contributed by atoms with Crippen molar-refractivity contribution in [1.29, 1.82) is 0 Å². The van der Waals surface area contributed by atoms with Gasteiger partial charge < -0.3 is 9.47 Å². The van der Waals surface area contributed by atoms with Crippen LogP contribution in [0, 0.1) is 47.3 Å². The molecule has 0 saturated heterocycles. The van der Waals surface area contributed by atoms with Crippen LogP contribution in [0.3, 0.4) is 0 Å². The maximum atomic E-state index is 7.78. The normalized spacial score (nSPS) is 20.4. The second-order valence-corrected chi connectivity index (χ2v) is 38.4. The van der Waals surface area contributed by atoms with Gasteiger partial charge in [-0.3, -0.25) is 39.9 Å². The lowest BCUT2D eigenvalue weighted by atomic mass is 9.74. The lowest BCUT2D eigenvalue weighted by molar-refractivity contribution is -0.0908. The Balaban J connectivity index is 0.000000239. The quantitative estimate of drug-likeness (QED) is 0.0341. The molecule has 4 saturated carbocycles. The van der Waals surface area contributed by atoms with Crippen molar-refractivity contribution < 1.29 is 9.47 Å². The van der Waals surface area contributed by atoms with E-state index >= 15 is 0 Å². The average molecular weight is 1650 g/mol. The minimum absolute atomic E-state index is 0.0589. The van der Waals surface area contributed by atoms with E-state index in [0.29, 0.717) is 23.7 Å². The Labute approximate surface area is 742 Å². The van der Waals surface area contributed by atoms with Gasteiger partial charge in [0.1, 0.15) is 0 Å². The Morgan fingerprint density at radius 2 is 0.402 bits per heavy atom. The molecular formula is C112H164N8O2. The first kappa shape index (κ1) is 95.8. The molecule has 8 aromatic rings. The van der Waals surface area contributed by atoms with Crippen LogP contribution in [-0.2, 0) is 35.2 Å². The van der Waals surface area contributed by atoms with Crippen molar-refractivity contribution in [2.45, 2.75) is 414 Å². The predicted molar refractivity (Wildman–Crippen MR) is 513 cm³/mol. The Morgan fingerprint density at radius 3 is 0.598 bits per heavy atom. The summed E-state index contributed by atoms with van der Waals surface area (Å²) in [5.74, 6) is 5.52. The van der Waals surface area contributed by atoms with Crippen molar-refractivity contribution >= 4 is 0 Å². The van der Waals surface area contributed by atoms with Gasteiger partial charge in [-0.2, -0.15) is 0 Å². The molecule has 0 amide bonds. The van der Waals surface area contributed by atoms with Crippen molar-refractivity contribution in [3.05, 3.63) is 192 Å². The van der Waals surface area contributed by atoms with Crippen LogP contribution < -0.4 is 0 Å². The second kappa shape index (κ2) is 54.9. The van der Waals surface area contributed by atoms with Gasteiger partial charge in [0.05, 0.1) is 94.8 Å². The molecule has 10 nitrogen and oxygen atoms in total. The molecule has 0 bridgehead atoms. The van der Waals surface area contributed by atoms with Gasteiger partial charge >= 0.3 is 0 Å². The van der Waals surface area contributed by atoms with Crippen LogP contribution in [0.25, 0.3) is 45.0 Å². The molecule has 0 aliphatic heterocycles. The fourth-order valence-corrected chi connectivity index (χ4v) is 20.9. The molecule has 10 heteroatoms. The summed E-state index contributed by atoms with van der Waals surface area (Å²) < 4.78 is 15.5. The monoisotopic (exact) mass is 1650 g/mol. The zero-order valence-corrected chi connectivity index (χ0v) is 77.9. The van der Waals surface area contributed by atoms with Gasteiger partial charge in [0.15, 0.2) is 0 Å². The summed E-state index contributed by atoms with van der Waals surface area (Å²) >= 11 is 0. The van der Waals surface area contributed by atoms with Crippen molar-refractivity contribution in [1.82, 2.24) is 39.9 Å². The minimum Gasteiger partial charge on any atom is -0.365 e. The van der Waals surface area contributed by atoms with Crippen molar-refractivity contribution in [2.75, 3.05) is 0 Å². The van der Waals surface area contributed by atoms with Gasteiger partial charge in [-0.05, 0) is 172 Å². The van der Waals surface area contributed by atoms with Crippen LogP contribution in [0.15, 0.2) is 147 Å². The van der Waals surface area contributed by atoms with Gasteiger partial charge in [-0.25, -0.2) is 0 Å². The number of unbranched alkanes of at least 4 members (excludes halogenated alkanes) is 20. The maximum Gasteiger partial charge on any atom is 0.0885 e. The third-order valence-corrected chi connectivity index (χ3v) is 28.8. The smallest absolute Gasteiger partial charge is 0.0885 e. The van der Waals surface area contributed by atoms with E-state index in [0.717, 1.165) is 117 Å². The van der Waals surface area contributed by atoms with Crippen LogP contribution in [-0.4, -0.2) is 39.9 Å². The molecule has 664 valence electrons. The van der Waals surface area contributed by atoms with Crippen molar-refractivity contribution in [3.8, 4) is 45.0 Å². The van der Waals surface area contributed by atoms with E-state index < -0.39 is 0 Å². The molecule has 4 aromatic heterocycles. The zero-order valence-electron chi connectivity index (χ0n) is 77.9. The van der Waals surface area contributed by atoms with Crippen molar-refractivity contribution in [2.24, 2.45) is 47.3 Å². The van der Waals surface area contributed by atoms with E-state index in [1.165, 1.54) is 330 Å². The predicted octanol–water partition coefficient (Wildman–Crippen LogP) is 32.8. The first-order chi connectivity index (χ1) is 60.2. The summed E-state index contributed by atoms with van der Waals surface area (Å²) in [6.45, 7) is 18.3. The topological polar surface area (TPSA) is 122 Å². The Kier molecular flexibility index (Phi) is 43.1. The summed E-state index contributed by atoms with van der Waals surface area (Å²) in [5, 5.41) is 0. The highest BCUT2D eigenvalue weighted by molar-refractivity contribution is 5.61. The summed E-state index contributed by atoms with van der Waals surface area (Å²) in [5.41, 5.74) is 18.0. The summed E-state index contributed by atoms with van der Waals surface area (Å²) in [6, 6.07) is 37.0. The molecule has 0 N–H and O–H groups in total. The molecule has 0 spiro atoms. The Hall–Kier alpha value is -6.88. The van der Waals surface area contributed by atoms with Gasteiger partial charge in [-0.1, -0.05) is 384 Å². The van der Waals surface area contributed by atoms with E-state index in [9.17, 15) is 0 Å². The standard InChI is InChI=1S/C58H86N4O.C54H78N4O/c1-5-9-13-15-19-21-45-25-29-49(30-26-45)57(51-37-33-47(34-38-51)55-43-59-53(41-61-55)23-17-11-7-3)63-58(50-31-27-46(28-32-50)22-20-16-14-10-6-2)52-39-35-48(36-40-52)56-44-60-54(42-62-56)24-18-12-8-4;1-5-9-13-17-41-21-25-45(26-22-41)53(47-33-29-43(30-34-47)51-39-55-49(37-57-51)19-15-11-7-3)59-54(46-27-23-42(24-28-46)18-14-10-6-2)48-35-31-44(32-36-48)52-40-56-50(38-58-52)20-16-12-8-4/h33-46,49-50,57-58H,5-32H2,1-4H3;29-42,45-46,53-54H,5-28H2,1-4H3/t45-,46-,49-,50-,57?,58?;41-,42-,45-,46-,53?,54?. The van der Waals surface area contributed by atoms with Gasteiger partial charge in [0, 0.05) is 47.0 Å². The van der Waals surface area contributed by atoms with Crippen LogP contribution in [0.2, 0.25) is 0 Å². The van der Waals surface area contributed by atoms with Crippen LogP contribution >= 0.6 is 0 Å². The second-order valence-electron chi connectivity index (χ2n) is 38.4. The van der Waals surface area contributed by atoms with Crippen LogP contribution in [0.1, 0.15) is 433 Å². The Bertz CT molecular complexity index is 3740. The minimum atomic E-state index is 0.0589. The number of benzene rings is 4. The fourth-order valence-electron chi connectivity index (χ4n) is 20.9. The number of ether oxygens (including phenoxy) is 2. The first-order valence-electron chi connectivity index (χ1n) is 51.1. The van der Waals surface area contributed by atoms with Crippen LogP contribution in [0.4, 0.5) is 0 Å². The number of aromatic nitrogens is 8.